The van der Waals surface area contributed by atoms with Gasteiger partial charge < -0.3 is 14.9 Å². The van der Waals surface area contributed by atoms with Gasteiger partial charge in [-0.2, -0.15) is 0 Å². The van der Waals surface area contributed by atoms with E-state index in [-0.39, 0.29) is 16.7 Å². The molecule has 2 aromatic rings. The Kier molecular flexibility index (Phi) is 2.83. The summed E-state index contributed by atoms with van der Waals surface area (Å²) in [6.45, 7) is 0. The van der Waals surface area contributed by atoms with Crippen LogP contribution in [0.15, 0.2) is 40.8 Å². The number of para-hydroxylation sites is 1. The number of halogens is 1. The number of ether oxygens (including phenoxy) is 1. The Morgan fingerprint density at radius 3 is 2.62 bits per heavy atom. The molecule has 4 nitrogen and oxygen atoms in total. The van der Waals surface area contributed by atoms with Crippen molar-refractivity contribution < 1.29 is 13.9 Å². The second-order valence-corrected chi connectivity index (χ2v) is 3.39. The first kappa shape index (κ1) is 10.6. The normalized spacial score (nSPS) is 10.1. The van der Waals surface area contributed by atoms with Gasteiger partial charge in [-0.3, -0.25) is 4.79 Å². The molecule has 82 valence electrons. The van der Waals surface area contributed by atoms with Crippen molar-refractivity contribution in [3.63, 3.8) is 0 Å². The Morgan fingerprint density at radius 1 is 1.25 bits per heavy atom. The molecular weight excluding hydrogens is 230 g/mol. The Hall–Kier alpha value is -1.94. The second kappa shape index (κ2) is 4.28. The van der Waals surface area contributed by atoms with Crippen molar-refractivity contribution in [1.29, 1.82) is 0 Å². The number of rotatable bonds is 3. The highest BCUT2D eigenvalue weighted by Crippen LogP contribution is 2.28. The Morgan fingerprint density at radius 2 is 2.00 bits per heavy atom. The van der Waals surface area contributed by atoms with E-state index in [9.17, 15) is 4.79 Å². The highest BCUT2D eigenvalue weighted by atomic mass is 35.5. The highest BCUT2D eigenvalue weighted by Gasteiger charge is 2.10. The first-order valence-electron chi connectivity index (χ1n) is 4.49. The van der Waals surface area contributed by atoms with E-state index in [2.05, 4.69) is 0 Å². The Bertz CT molecular complexity index is 521. The molecule has 0 saturated carbocycles. The van der Waals surface area contributed by atoms with E-state index in [0.29, 0.717) is 5.75 Å². The smallest absolute Gasteiger partial charge is 0.291 e. The summed E-state index contributed by atoms with van der Waals surface area (Å²) >= 11 is 5.59. The van der Waals surface area contributed by atoms with Gasteiger partial charge in [-0.1, -0.05) is 12.1 Å². The van der Waals surface area contributed by atoms with Crippen molar-refractivity contribution in [2.75, 3.05) is 0 Å². The van der Waals surface area contributed by atoms with E-state index in [0.717, 1.165) is 0 Å². The maximum Gasteiger partial charge on any atom is 0.291 e. The molecule has 0 saturated heterocycles. The number of benzene rings is 1. The van der Waals surface area contributed by atoms with E-state index in [4.69, 9.17) is 26.5 Å². The molecule has 0 atom stereocenters. The predicted octanol–water partition coefficient (Wildman–Crippen LogP) is 2.82. The van der Waals surface area contributed by atoms with Gasteiger partial charge in [0.2, 0.25) is 0 Å². The Labute approximate surface area is 96.6 Å². The highest BCUT2D eigenvalue weighted by molar-refractivity contribution is 6.28. The average molecular weight is 238 g/mol. The minimum Gasteiger partial charge on any atom is -0.425 e. The van der Waals surface area contributed by atoms with Crippen molar-refractivity contribution in [2.45, 2.75) is 0 Å². The second-order valence-electron chi connectivity index (χ2n) is 3.02. The van der Waals surface area contributed by atoms with E-state index < -0.39 is 5.91 Å². The largest absolute Gasteiger partial charge is 0.425 e. The molecule has 0 aliphatic heterocycles. The Balaban J connectivity index is 2.31. The molecule has 0 aliphatic carbocycles. The number of hydrogen-bond donors (Lipinski definition) is 1. The van der Waals surface area contributed by atoms with E-state index in [1.54, 1.807) is 36.4 Å². The molecule has 0 fully saturated rings. The summed E-state index contributed by atoms with van der Waals surface area (Å²) in [6.07, 6.45) is 0. The zero-order valence-electron chi connectivity index (χ0n) is 8.14. The molecule has 2 rings (SSSR count). The molecule has 16 heavy (non-hydrogen) atoms. The summed E-state index contributed by atoms with van der Waals surface area (Å²) in [4.78, 5) is 11.1. The number of carbonyl (C=O) groups is 1. The van der Waals surface area contributed by atoms with Crippen molar-refractivity contribution >= 4 is 17.5 Å². The minimum absolute atomic E-state index is 0.207. The first-order valence-corrected chi connectivity index (χ1v) is 4.86. The van der Waals surface area contributed by atoms with Crippen molar-refractivity contribution in [2.24, 2.45) is 5.73 Å². The summed E-state index contributed by atoms with van der Waals surface area (Å²) in [5.74, 6) is -0.0204. The van der Waals surface area contributed by atoms with Gasteiger partial charge in [-0.25, -0.2) is 0 Å². The molecule has 1 aromatic carbocycles. The van der Waals surface area contributed by atoms with Crippen molar-refractivity contribution in [1.82, 2.24) is 0 Å². The molecular formula is C11H8ClNO3. The summed E-state index contributed by atoms with van der Waals surface area (Å²) in [5, 5.41) is 0.214. The third-order valence-electron chi connectivity index (χ3n) is 1.91. The minimum atomic E-state index is -0.562. The fraction of sp³-hybridized carbons (Fsp3) is 0. The average Bonchev–Trinajstić information content (AvgIpc) is 2.64. The lowest BCUT2D eigenvalue weighted by molar-refractivity contribution is 0.0997. The lowest BCUT2D eigenvalue weighted by atomic mass is 10.2. The number of nitrogens with two attached hydrogens (primary N) is 1. The molecule has 0 aliphatic rings. The molecule has 1 aromatic heterocycles. The molecule has 0 bridgehead atoms. The zero-order valence-corrected chi connectivity index (χ0v) is 8.90. The maximum absolute atomic E-state index is 11.1. The van der Waals surface area contributed by atoms with Gasteiger partial charge in [0, 0.05) is 12.1 Å². The molecule has 0 radical (unpaired) electrons. The molecule has 0 unspecified atom stereocenters. The molecule has 1 amide bonds. The molecule has 1 heterocycles. The van der Waals surface area contributed by atoms with Gasteiger partial charge in [0.25, 0.3) is 11.9 Å². The molecule has 0 spiro atoms. The number of carbonyl (C=O) groups excluding carboxylic acids is 1. The van der Waals surface area contributed by atoms with Crippen molar-refractivity contribution in [3.8, 4) is 11.7 Å². The summed E-state index contributed by atoms with van der Waals surface area (Å²) in [5.41, 5.74) is 5.48. The van der Waals surface area contributed by atoms with Crippen LogP contribution in [0.3, 0.4) is 0 Å². The standard InChI is InChI=1S/C11H8ClNO3/c12-9-5-6-10(16-9)15-8-4-2-1-3-7(8)11(13)14/h1-6H,(H2,13,14). The number of hydrogen-bond acceptors (Lipinski definition) is 3. The number of amides is 1. The predicted molar refractivity (Wildman–Crippen MR) is 58.8 cm³/mol. The zero-order chi connectivity index (χ0) is 11.5. The quantitative estimate of drug-likeness (QED) is 0.893. The van der Waals surface area contributed by atoms with Gasteiger partial charge in [-0.05, 0) is 23.7 Å². The molecule has 2 N–H and O–H groups in total. The van der Waals surface area contributed by atoms with Crippen LogP contribution in [0.25, 0.3) is 0 Å². The van der Waals surface area contributed by atoms with Gasteiger partial charge in [0.05, 0.1) is 5.56 Å². The summed E-state index contributed by atoms with van der Waals surface area (Å²) < 4.78 is 10.4. The van der Waals surface area contributed by atoms with Crippen LogP contribution in [0.1, 0.15) is 10.4 Å². The van der Waals surface area contributed by atoms with Crippen LogP contribution in [0, 0.1) is 0 Å². The molecule has 5 heteroatoms. The van der Waals surface area contributed by atoms with Crippen LogP contribution < -0.4 is 10.5 Å². The van der Waals surface area contributed by atoms with Crippen LogP contribution in [-0.4, -0.2) is 5.91 Å². The number of primary amides is 1. The summed E-state index contributed by atoms with van der Waals surface area (Å²) in [7, 11) is 0. The van der Waals surface area contributed by atoms with Gasteiger partial charge in [0.1, 0.15) is 5.75 Å². The van der Waals surface area contributed by atoms with Gasteiger partial charge in [0.15, 0.2) is 5.22 Å². The SMILES string of the molecule is NC(=O)c1ccccc1Oc1ccc(Cl)o1. The van der Waals surface area contributed by atoms with Crippen LogP contribution in [0.5, 0.6) is 11.7 Å². The summed E-state index contributed by atoms with van der Waals surface area (Å²) in [6, 6.07) is 9.72. The maximum atomic E-state index is 11.1. The topological polar surface area (TPSA) is 65.5 Å². The lowest BCUT2D eigenvalue weighted by Gasteiger charge is -2.05. The number of furan rings is 1. The fourth-order valence-corrected chi connectivity index (χ4v) is 1.36. The van der Waals surface area contributed by atoms with Gasteiger partial charge in [-0.15, -0.1) is 0 Å². The van der Waals surface area contributed by atoms with Crippen LogP contribution in [0.4, 0.5) is 0 Å². The first-order chi connectivity index (χ1) is 7.66. The van der Waals surface area contributed by atoms with Crippen LogP contribution >= 0.6 is 11.6 Å². The van der Waals surface area contributed by atoms with Gasteiger partial charge >= 0.3 is 0 Å². The monoisotopic (exact) mass is 237 g/mol. The third kappa shape index (κ3) is 2.17. The van der Waals surface area contributed by atoms with E-state index >= 15 is 0 Å². The van der Waals surface area contributed by atoms with Crippen molar-refractivity contribution in [3.05, 3.63) is 47.2 Å². The van der Waals surface area contributed by atoms with Crippen LogP contribution in [-0.2, 0) is 0 Å². The van der Waals surface area contributed by atoms with Crippen LogP contribution in [0.2, 0.25) is 5.22 Å². The fourth-order valence-electron chi connectivity index (χ4n) is 1.22. The third-order valence-corrected chi connectivity index (χ3v) is 2.11. The van der Waals surface area contributed by atoms with E-state index in [1.165, 1.54) is 0 Å². The van der Waals surface area contributed by atoms with E-state index in [1.807, 2.05) is 0 Å². The lowest BCUT2D eigenvalue weighted by Crippen LogP contribution is -2.11.